The number of aromatic nitrogens is 1. The number of nitrogens with zero attached hydrogens (tertiary/aromatic N) is 1. The Morgan fingerprint density at radius 1 is 1.30 bits per heavy atom. The van der Waals surface area contributed by atoms with E-state index in [2.05, 4.69) is 10.3 Å². The normalized spacial score (nSPS) is 17.6. The van der Waals surface area contributed by atoms with Gasteiger partial charge in [0.15, 0.2) is 0 Å². The fraction of sp³-hybridized carbons (Fsp3) is 0.200. The van der Waals surface area contributed by atoms with Gasteiger partial charge in [0, 0.05) is 11.2 Å². The van der Waals surface area contributed by atoms with Gasteiger partial charge in [0.1, 0.15) is 12.4 Å². The maximum atomic E-state index is 12.1. The lowest BCUT2D eigenvalue weighted by atomic mass is 10.1. The van der Waals surface area contributed by atoms with E-state index in [1.807, 2.05) is 24.3 Å². The first-order valence-electron chi connectivity index (χ1n) is 6.34. The molecule has 0 saturated carbocycles. The van der Waals surface area contributed by atoms with E-state index in [1.165, 1.54) is 0 Å². The van der Waals surface area contributed by atoms with E-state index in [0.717, 1.165) is 5.56 Å². The van der Waals surface area contributed by atoms with E-state index in [1.54, 1.807) is 18.5 Å². The molecule has 0 fully saturated rings. The van der Waals surface area contributed by atoms with Crippen LogP contribution in [0.1, 0.15) is 15.9 Å². The summed E-state index contributed by atoms with van der Waals surface area (Å²) in [7, 11) is 0. The highest BCUT2D eigenvalue weighted by Gasteiger charge is 2.22. The number of fused-ring (bicyclic) bond motifs is 1. The molecule has 0 radical (unpaired) electrons. The molecule has 1 aromatic heterocycles. The van der Waals surface area contributed by atoms with Crippen molar-refractivity contribution in [3.05, 3.63) is 58.9 Å². The number of nitrogens with one attached hydrogen (secondary N) is 1. The Hall–Kier alpha value is -2.07. The standard InChI is InChI=1S/C15H13ClN2O2/c16-11-3-1-10(2-4-11)7-12-9-20-14-8-17-6-5-13(14)15(19)18-12/h1-6,8,12H,7,9H2,(H,18,19)/t12-/m0/s1. The summed E-state index contributed by atoms with van der Waals surface area (Å²) >= 11 is 5.86. The molecule has 0 aliphatic carbocycles. The topological polar surface area (TPSA) is 51.2 Å². The molecule has 1 aliphatic heterocycles. The zero-order valence-corrected chi connectivity index (χ0v) is 11.4. The number of amides is 1. The van der Waals surface area contributed by atoms with E-state index in [4.69, 9.17) is 16.3 Å². The number of halogens is 1. The summed E-state index contributed by atoms with van der Waals surface area (Å²) < 4.78 is 5.66. The Bertz CT molecular complexity index is 628. The molecule has 2 aromatic rings. The van der Waals surface area contributed by atoms with Crippen LogP contribution in [0.4, 0.5) is 0 Å². The summed E-state index contributed by atoms with van der Waals surface area (Å²) in [6.45, 7) is 0.424. The average Bonchev–Trinajstić information content (AvgIpc) is 2.62. The van der Waals surface area contributed by atoms with Crippen LogP contribution in [0.3, 0.4) is 0 Å². The molecule has 20 heavy (non-hydrogen) atoms. The highest BCUT2D eigenvalue weighted by molar-refractivity contribution is 6.30. The predicted molar refractivity (Wildman–Crippen MR) is 76.1 cm³/mol. The van der Waals surface area contributed by atoms with Gasteiger partial charge in [0.05, 0.1) is 17.8 Å². The van der Waals surface area contributed by atoms with Crippen molar-refractivity contribution in [2.45, 2.75) is 12.5 Å². The number of carbonyl (C=O) groups is 1. The van der Waals surface area contributed by atoms with Crippen molar-refractivity contribution >= 4 is 17.5 Å². The Kier molecular flexibility index (Phi) is 3.56. The Balaban J connectivity index is 1.75. The number of ether oxygens (including phenoxy) is 1. The molecule has 1 amide bonds. The van der Waals surface area contributed by atoms with Gasteiger partial charge < -0.3 is 10.1 Å². The van der Waals surface area contributed by atoms with Gasteiger partial charge in [-0.1, -0.05) is 23.7 Å². The quantitative estimate of drug-likeness (QED) is 0.923. The molecule has 1 atom stereocenters. The molecule has 0 unspecified atom stereocenters. The molecule has 0 bridgehead atoms. The van der Waals surface area contributed by atoms with Gasteiger partial charge in [0.25, 0.3) is 5.91 Å². The molecule has 0 saturated heterocycles. The van der Waals surface area contributed by atoms with Gasteiger partial charge in [-0.15, -0.1) is 0 Å². The average molecular weight is 289 g/mol. The minimum absolute atomic E-state index is 0.0731. The Morgan fingerprint density at radius 3 is 2.90 bits per heavy atom. The first-order valence-corrected chi connectivity index (χ1v) is 6.72. The largest absolute Gasteiger partial charge is 0.489 e. The van der Waals surface area contributed by atoms with Crippen LogP contribution in [-0.4, -0.2) is 23.5 Å². The van der Waals surface area contributed by atoms with Crippen molar-refractivity contribution in [3.8, 4) is 5.75 Å². The SMILES string of the molecule is O=C1N[C@@H](Cc2ccc(Cl)cc2)COc2cnccc21. The van der Waals surface area contributed by atoms with Crippen LogP contribution in [0.5, 0.6) is 5.75 Å². The zero-order chi connectivity index (χ0) is 13.9. The number of hydrogen-bond acceptors (Lipinski definition) is 3. The molecule has 1 aliphatic rings. The second-order valence-electron chi connectivity index (χ2n) is 4.68. The Morgan fingerprint density at radius 2 is 2.10 bits per heavy atom. The van der Waals surface area contributed by atoms with Crippen molar-refractivity contribution in [2.75, 3.05) is 6.61 Å². The van der Waals surface area contributed by atoms with Crippen molar-refractivity contribution < 1.29 is 9.53 Å². The zero-order valence-electron chi connectivity index (χ0n) is 10.7. The first kappa shape index (κ1) is 12.9. The van der Waals surface area contributed by atoms with Gasteiger partial charge >= 0.3 is 0 Å². The lowest BCUT2D eigenvalue weighted by Gasteiger charge is -2.15. The minimum atomic E-state index is -0.126. The van der Waals surface area contributed by atoms with Gasteiger partial charge in [-0.3, -0.25) is 9.78 Å². The second kappa shape index (κ2) is 5.51. The fourth-order valence-corrected chi connectivity index (χ4v) is 2.32. The van der Waals surface area contributed by atoms with E-state index in [-0.39, 0.29) is 11.9 Å². The third-order valence-electron chi connectivity index (χ3n) is 3.20. The molecule has 5 heteroatoms. The lowest BCUT2D eigenvalue weighted by molar-refractivity contribution is 0.0938. The van der Waals surface area contributed by atoms with Crippen LogP contribution in [0.25, 0.3) is 0 Å². The minimum Gasteiger partial charge on any atom is -0.489 e. The van der Waals surface area contributed by atoms with Crippen LogP contribution < -0.4 is 10.1 Å². The van der Waals surface area contributed by atoms with E-state index < -0.39 is 0 Å². The highest BCUT2D eigenvalue weighted by atomic mass is 35.5. The van der Waals surface area contributed by atoms with Crippen molar-refractivity contribution in [1.82, 2.24) is 10.3 Å². The lowest BCUT2D eigenvalue weighted by Crippen LogP contribution is -2.38. The fourth-order valence-electron chi connectivity index (χ4n) is 2.19. The summed E-state index contributed by atoms with van der Waals surface area (Å²) in [5, 5.41) is 3.68. The van der Waals surface area contributed by atoms with Gasteiger partial charge in [-0.05, 0) is 30.2 Å². The van der Waals surface area contributed by atoms with Crippen LogP contribution in [0.15, 0.2) is 42.7 Å². The van der Waals surface area contributed by atoms with E-state index in [9.17, 15) is 4.79 Å². The monoisotopic (exact) mass is 288 g/mol. The number of pyridine rings is 1. The highest BCUT2D eigenvalue weighted by Crippen LogP contribution is 2.20. The molecule has 4 nitrogen and oxygen atoms in total. The first-order chi connectivity index (χ1) is 9.72. The van der Waals surface area contributed by atoms with Crippen LogP contribution >= 0.6 is 11.6 Å². The summed E-state index contributed by atoms with van der Waals surface area (Å²) in [6.07, 6.45) is 3.85. The number of carbonyl (C=O) groups excluding carboxylic acids is 1. The van der Waals surface area contributed by atoms with Gasteiger partial charge in [0.2, 0.25) is 0 Å². The number of rotatable bonds is 2. The summed E-state index contributed by atoms with van der Waals surface area (Å²) in [5.41, 5.74) is 1.63. The number of hydrogen-bond donors (Lipinski definition) is 1. The molecular weight excluding hydrogens is 276 g/mol. The molecule has 3 rings (SSSR count). The third-order valence-corrected chi connectivity index (χ3v) is 3.45. The molecule has 102 valence electrons. The van der Waals surface area contributed by atoms with Gasteiger partial charge in [-0.25, -0.2) is 0 Å². The summed E-state index contributed by atoms with van der Waals surface area (Å²) in [6, 6.07) is 9.18. The van der Waals surface area contributed by atoms with Crippen molar-refractivity contribution in [2.24, 2.45) is 0 Å². The smallest absolute Gasteiger partial charge is 0.255 e. The molecule has 0 spiro atoms. The van der Waals surface area contributed by atoms with Gasteiger partial charge in [-0.2, -0.15) is 0 Å². The predicted octanol–water partition coefficient (Wildman–Crippen LogP) is 2.47. The summed E-state index contributed by atoms with van der Waals surface area (Å²) in [5.74, 6) is 0.405. The van der Waals surface area contributed by atoms with E-state index >= 15 is 0 Å². The van der Waals surface area contributed by atoms with Crippen molar-refractivity contribution in [3.63, 3.8) is 0 Å². The molecular formula is C15H13ClN2O2. The summed E-state index contributed by atoms with van der Waals surface area (Å²) in [4.78, 5) is 16.1. The molecule has 1 N–H and O–H groups in total. The van der Waals surface area contributed by atoms with Crippen LogP contribution in [0, 0.1) is 0 Å². The number of benzene rings is 1. The third kappa shape index (κ3) is 2.75. The maximum absolute atomic E-state index is 12.1. The van der Waals surface area contributed by atoms with Crippen molar-refractivity contribution in [1.29, 1.82) is 0 Å². The Labute approximate surface area is 121 Å². The van der Waals surface area contributed by atoms with Crippen LogP contribution in [-0.2, 0) is 6.42 Å². The molecule has 2 heterocycles. The van der Waals surface area contributed by atoms with Crippen LogP contribution in [0.2, 0.25) is 5.02 Å². The maximum Gasteiger partial charge on any atom is 0.255 e. The second-order valence-corrected chi connectivity index (χ2v) is 5.12. The molecule has 1 aromatic carbocycles. The van der Waals surface area contributed by atoms with E-state index in [0.29, 0.717) is 29.4 Å².